The van der Waals surface area contributed by atoms with Crippen LogP contribution in [0, 0.1) is 0 Å². The number of rotatable bonds is 9. The Kier molecular flexibility index (Phi) is 12.0. The number of fused-ring (bicyclic) bond motifs is 3. The van der Waals surface area contributed by atoms with Gasteiger partial charge in [0, 0.05) is 23.7 Å². The molecule has 61 heavy (non-hydrogen) atoms. The van der Waals surface area contributed by atoms with Crippen molar-refractivity contribution in [2.45, 2.75) is 59.9 Å². The van der Waals surface area contributed by atoms with Gasteiger partial charge in [-0.2, -0.15) is 0 Å². The number of nitrogen functional groups attached to an aromatic ring is 1. The number of hydrogen-bond donors (Lipinski definition) is 4. The lowest BCUT2D eigenvalue weighted by molar-refractivity contribution is -0.0619. The number of phosphoric ester groups is 1. The minimum atomic E-state index is -5.25. The third-order valence-corrected chi connectivity index (χ3v) is 15.6. The number of hydrogen-bond acceptors (Lipinski definition) is 18. The number of anilines is 2. The molecule has 0 spiro atoms. The van der Waals surface area contributed by atoms with E-state index in [1.165, 1.54) is 43.5 Å². The molecule has 8 rings (SSSR count). The topological polar surface area (TPSA) is 290 Å². The SMILES string of the molecule is COc1ccc(NS(=O)(=O)c2ccc(CSP3(=O)OC[C@H]4O[C@@H](n5cnc6c(N)ncnc65)[C@H](F)[C@@H]4OP(=O)(O)OC[C@H]4O[C@@H](n5ccc(=O)[nH]c5=O)[C@H](F)[C@@H]4O3)cc2)cc1. The molecule has 3 aliphatic heterocycles. The molecular weight excluding hydrogens is 896 g/mol. The fourth-order valence-corrected chi connectivity index (χ4v) is 12.0. The van der Waals surface area contributed by atoms with E-state index >= 15 is 8.78 Å². The lowest BCUT2D eigenvalue weighted by Gasteiger charge is -2.29. The van der Waals surface area contributed by atoms with Gasteiger partial charge < -0.3 is 24.8 Å². The molecule has 0 bridgehead atoms. The average molecular weight is 931 g/mol. The van der Waals surface area contributed by atoms with Gasteiger partial charge in [0.25, 0.3) is 15.6 Å². The van der Waals surface area contributed by atoms with Crippen LogP contribution in [0.1, 0.15) is 18.0 Å². The smallest absolute Gasteiger partial charge is 0.472 e. The predicted octanol–water partition coefficient (Wildman–Crippen LogP) is 3.20. The van der Waals surface area contributed by atoms with Crippen molar-refractivity contribution in [1.82, 2.24) is 29.1 Å². The minimum Gasteiger partial charge on any atom is -0.497 e. The highest BCUT2D eigenvalue weighted by atomic mass is 32.7. The zero-order chi connectivity index (χ0) is 43.3. The number of halogens is 2. The number of methoxy groups -OCH3 is 1. The number of ether oxygens (including phenoxy) is 3. The van der Waals surface area contributed by atoms with Crippen LogP contribution in [-0.2, 0) is 52.5 Å². The Morgan fingerprint density at radius 2 is 1.59 bits per heavy atom. The van der Waals surface area contributed by atoms with Crippen molar-refractivity contribution in [2.75, 3.05) is 30.8 Å². The summed E-state index contributed by atoms with van der Waals surface area (Å²) in [5.41, 5.74) is 4.82. The third-order valence-electron chi connectivity index (χ3n) is 9.59. The Bertz CT molecular complexity index is 2750. The van der Waals surface area contributed by atoms with Gasteiger partial charge in [-0.15, -0.1) is 0 Å². The van der Waals surface area contributed by atoms with E-state index in [2.05, 4.69) is 19.7 Å². The normalized spacial score (nSPS) is 30.8. The van der Waals surface area contributed by atoms with Crippen molar-refractivity contribution in [2.24, 2.45) is 0 Å². The number of alkyl halides is 2. The summed E-state index contributed by atoms with van der Waals surface area (Å²) in [5.74, 6) is 0.292. The molecule has 3 saturated heterocycles. The Labute approximate surface area is 346 Å². The number of sulfonamides is 1. The zero-order valence-electron chi connectivity index (χ0n) is 31.2. The Hall–Kier alpha value is -4.59. The van der Waals surface area contributed by atoms with E-state index in [0.717, 1.165) is 29.5 Å². The largest absolute Gasteiger partial charge is 0.497 e. The van der Waals surface area contributed by atoms with Crippen LogP contribution in [0.4, 0.5) is 20.3 Å². The lowest BCUT2D eigenvalue weighted by atomic mass is 10.1. The summed E-state index contributed by atoms with van der Waals surface area (Å²) in [6, 6.07) is 12.5. The minimum absolute atomic E-state index is 0.0281. The predicted molar refractivity (Wildman–Crippen MR) is 209 cm³/mol. The molecule has 5 N–H and O–H groups in total. The van der Waals surface area contributed by atoms with Crippen LogP contribution >= 0.6 is 26.0 Å². The third kappa shape index (κ3) is 9.02. The van der Waals surface area contributed by atoms with E-state index in [-0.39, 0.29) is 33.3 Å². The van der Waals surface area contributed by atoms with E-state index in [1.807, 2.05) is 4.98 Å². The van der Waals surface area contributed by atoms with Crippen molar-refractivity contribution in [3.8, 4) is 5.75 Å². The highest BCUT2D eigenvalue weighted by molar-refractivity contribution is 8.54. The number of nitrogens with one attached hydrogen (secondary N) is 2. The summed E-state index contributed by atoms with van der Waals surface area (Å²) in [6.45, 7) is -6.52. The summed E-state index contributed by atoms with van der Waals surface area (Å²) in [4.78, 5) is 49.0. The van der Waals surface area contributed by atoms with Gasteiger partial charge in [-0.3, -0.25) is 41.7 Å². The molecule has 22 nitrogen and oxygen atoms in total. The van der Waals surface area contributed by atoms with Gasteiger partial charge in [-0.1, -0.05) is 12.1 Å². The number of nitrogens with two attached hydrogens (primary N) is 1. The standard InChI is InChI=1S/C33H34F2N8O14P2S2/c1-51-19-6-4-18(5-7-19)41-61(49,50)20-8-2-17(3-9-20)14-60-59(48)53-13-22-27(24(34)32(55-22)43-16-39-26-29(36)37-15-38-30(26)43)56-58(46,47)52-12-21-28(57-59)25(35)31(54-21)42-11-10-23(44)40-33(42)45/h2-11,15-16,21-22,24-25,27-28,31-32,41H,12-14H2,1H3,(H,46,47)(H2,36,37,38)(H,40,44,45)/t21-,22-,24-,25-,27-,28-,31-,32-,59?/m1/s1. The van der Waals surface area contributed by atoms with Crippen LogP contribution in [-0.4, -0.2) is 99.5 Å². The van der Waals surface area contributed by atoms with Crippen molar-refractivity contribution >= 4 is 58.7 Å². The summed E-state index contributed by atoms with van der Waals surface area (Å²) in [5, 5.41) is 0. The van der Waals surface area contributed by atoms with Crippen LogP contribution in [0.2, 0.25) is 0 Å². The van der Waals surface area contributed by atoms with Gasteiger partial charge in [0.1, 0.15) is 42.0 Å². The summed E-state index contributed by atoms with van der Waals surface area (Å²) < 4.78 is 130. The Balaban J connectivity index is 1.07. The molecule has 10 atom stereocenters. The van der Waals surface area contributed by atoms with Gasteiger partial charge in [-0.05, 0) is 53.3 Å². The van der Waals surface area contributed by atoms with E-state index in [1.54, 1.807) is 12.1 Å². The highest BCUT2D eigenvalue weighted by Gasteiger charge is 2.55. The maximum atomic E-state index is 16.4. The summed E-state index contributed by atoms with van der Waals surface area (Å²) in [6.07, 6.45) is -12.0. The second kappa shape index (κ2) is 16.9. The number of phosphoric acid groups is 1. The molecule has 6 heterocycles. The van der Waals surface area contributed by atoms with Crippen molar-refractivity contribution in [3.05, 3.63) is 99.9 Å². The van der Waals surface area contributed by atoms with Crippen LogP contribution in [0.15, 0.2) is 87.9 Å². The maximum Gasteiger partial charge on any atom is 0.472 e. The van der Waals surface area contributed by atoms with Crippen molar-refractivity contribution in [1.29, 1.82) is 0 Å². The molecule has 5 aromatic rings. The van der Waals surface area contributed by atoms with Crippen LogP contribution in [0.25, 0.3) is 11.2 Å². The van der Waals surface area contributed by atoms with Gasteiger partial charge in [-0.25, -0.2) is 46.1 Å². The maximum absolute atomic E-state index is 16.4. The number of aromatic amines is 1. The summed E-state index contributed by atoms with van der Waals surface area (Å²) >= 11 is 0.528. The molecule has 28 heteroatoms. The summed E-state index contributed by atoms with van der Waals surface area (Å²) in [7, 11) is -7.84. The molecule has 3 fully saturated rings. The molecule has 3 aliphatic rings. The molecule has 2 aromatic carbocycles. The fourth-order valence-electron chi connectivity index (χ4n) is 6.60. The first-order chi connectivity index (χ1) is 29.0. The molecular formula is C33H34F2N8O14P2S2. The van der Waals surface area contributed by atoms with E-state index in [4.69, 9.17) is 38.0 Å². The number of benzene rings is 2. The number of nitrogens with zero attached hydrogens (tertiary/aromatic N) is 5. The van der Waals surface area contributed by atoms with Crippen LogP contribution in [0.3, 0.4) is 0 Å². The average Bonchev–Trinajstić information content (AvgIpc) is 3.88. The van der Waals surface area contributed by atoms with E-state index in [0.29, 0.717) is 27.3 Å². The van der Waals surface area contributed by atoms with E-state index < -0.39 is 98.3 Å². The zero-order valence-corrected chi connectivity index (χ0v) is 34.6. The van der Waals surface area contributed by atoms with Crippen LogP contribution in [0.5, 0.6) is 5.75 Å². The van der Waals surface area contributed by atoms with Crippen LogP contribution < -0.4 is 26.4 Å². The molecule has 3 aromatic heterocycles. The van der Waals surface area contributed by atoms with Gasteiger partial charge in [0.05, 0.1) is 31.5 Å². The first kappa shape index (κ1) is 43.1. The van der Waals surface area contributed by atoms with Crippen molar-refractivity contribution in [3.63, 3.8) is 0 Å². The quantitative estimate of drug-likeness (QED) is 0.154. The molecule has 326 valence electrons. The molecule has 0 aliphatic carbocycles. The molecule has 2 unspecified atom stereocenters. The molecule has 0 radical (unpaired) electrons. The highest BCUT2D eigenvalue weighted by Crippen LogP contribution is 2.65. The Morgan fingerprint density at radius 1 is 0.934 bits per heavy atom. The molecule has 0 saturated carbocycles. The van der Waals surface area contributed by atoms with Gasteiger partial charge in [0.15, 0.2) is 36.3 Å². The number of aromatic nitrogens is 6. The lowest BCUT2D eigenvalue weighted by Crippen LogP contribution is -2.38. The number of H-pyrrole nitrogens is 1. The first-order valence-corrected chi connectivity index (χ1v) is 24.0. The monoisotopic (exact) mass is 930 g/mol. The second-order valence-corrected chi connectivity index (χ2v) is 20.6. The Morgan fingerprint density at radius 3 is 2.26 bits per heavy atom. The number of imidazole rings is 1. The van der Waals surface area contributed by atoms with E-state index in [9.17, 15) is 32.0 Å². The second-order valence-electron chi connectivity index (χ2n) is 13.5. The fraction of sp³-hybridized carbons (Fsp3) is 0.364. The first-order valence-electron chi connectivity index (χ1n) is 17.9. The van der Waals surface area contributed by atoms with Gasteiger partial charge in [0.2, 0.25) is 0 Å². The van der Waals surface area contributed by atoms with Gasteiger partial charge >= 0.3 is 20.3 Å². The van der Waals surface area contributed by atoms with Crippen molar-refractivity contribution < 1.29 is 63.5 Å². The molecule has 0 amide bonds.